The second-order valence-corrected chi connectivity index (χ2v) is 13.1. The van der Waals surface area contributed by atoms with Crippen molar-refractivity contribution in [1.29, 1.82) is 0 Å². The summed E-state index contributed by atoms with van der Waals surface area (Å²) >= 11 is 13.1. The van der Waals surface area contributed by atoms with Crippen LogP contribution in [0.5, 0.6) is 0 Å². The molecule has 0 saturated carbocycles. The molecule has 2 nitrogen and oxygen atoms in total. The molecule has 3 aromatic rings. The van der Waals surface area contributed by atoms with E-state index in [0.717, 1.165) is 12.8 Å². The van der Waals surface area contributed by atoms with Crippen LogP contribution < -0.4 is 0 Å². The number of hydrogen-bond acceptors (Lipinski definition) is 2. The van der Waals surface area contributed by atoms with Gasteiger partial charge in [-0.2, -0.15) is 0 Å². The Morgan fingerprint density at radius 3 is 1.07 bits per heavy atom. The molecular weight excluding hydrogens is 583 g/mol. The molecule has 0 unspecified atom stereocenters. The lowest BCUT2D eigenvalue weighted by Crippen LogP contribution is -2.07. The first-order valence-corrected chi connectivity index (χ1v) is 18.0. The number of unbranched alkanes of at least 4 members (excludes halogenated alkanes) is 14. The Bertz CT molecular complexity index is 1180. The molecule has 0 spiro atoms. The Morgan fingerprint density at radius 1 is 0.455 bits per heavy atom. The highest BCUT2D eigenvalue weighted by atomic mass is 35.5. The normalized spacial score (nSPS) is 11.2. The van der Waals surface area contributed by atoms with Crippen LogP contribution in [0.15, 0.2) is 60.7 Å². The van der Waals surface area contributed by atoms with Gasteiger partial charge in [0.15, 0.2) is 11.6 Å². The third kappa shape index (κ3) is 12.2. The molecule has 0 aliphatic heterocycles. The van der Waals surface area contributed by atoms with Crippen molar-refractivity contribution in [2.45, 2.75) is 129 Å². The number of rotatable bonds is 22. The lowest BCUT2D eigenvalue weighted by molar-refractivity contribution is 0.102. The van der Waals surface area contributed by atoms with Crippen LogP contribution in [0.1, 0.15) is 160 Å². The van der Waals surface area contributed by atoms with Gasteiger partial charge in [0.25, 0.3) is 0 Å². The summed E-state index contributed by atoms with van der Waals surface area (Å²) < 4.78 is 0. The minimum atomic E-state index is -0.195. The molecule has 4 heteroatoms. The van der Waals surface area contributed by atoms with Gasteiger partial charge in [-0.05, 0) is 48.9 Å². The second-order valence-electron chi connectivity index (χ2n) is 12.3. The number of aryl methyl sites for hydroxylation is 2. The Balaban J connectivity index is 1.50. The van der Waals surface area contributed by atoms with E-state index in [1.165, 1.54) is 126 Å². The summed E-state index contributed by atoms with van der Waals surface area (Å²) in [6, 6.07) is 18.6. The van der Waals surface area contributed by atoms with Gasteiger partial charge in [0.1, 0.15) is 0 Å². The van der Waals surface area contributed by atoms with Crippen LogP contribution in [0.2, 0.25) is 10.0 Å². The van der Waals surface area contributed by atoms with Gasteiger partial charge >= 0.3 is 0 Å². The molecule has 0 amide bonds. The van der Waals surface area contributed by atoms with Crippen LogP contribution in [0.25, 0.3) is 0 Å². The SMILES string of the molecule is CCCCCCCCCCc1ccc(C(=O)c2cc(Cl)c(C(=O)c3ccc(CCCCCCCCCC)cc3)cc2Cl)cc1. The summed E-state index contributed by atoms with van der Waals surface area (Å²) in [5, 5.41) is 0.467. The van der Waals surface area contributed by atoms with Gasteiger partial charge in [-0.15, -0.1) is 0 Å². The summed E-state index contributed by atoms with van der Waals surface area (Å²) in [4.78, 5) is 26.6. The lowest BCUT2D eigenvalue weighted by atomic mass is 9.96. The van der Waals surface area contributed by atoms with Crippen LogP contribution in [0.4, 0.5) is 0 Å². The zero-order valence-electron chi connectivity index (χ0n) is 27.1. The number of carbonyl (C=O) groups is 2. The summed E-state index contributed by atoms with van der Waals surface area (Å²) in [6.07, 6.45) is 22.8. The Kier molecular flexibility index (Phi) is 16.9. The monoisotopic (exact) mass is 634 g/mol. The first kappa shape index (κ1) is 36.1. The maximum Gasteiger partial charge on any atom is 0.194 e. The Hall–Kier alpha value is -2.42. The molecule has 0 fully saturated rings. The zero-order valence-corrected chi connectivity index (χ0v) is 28.6. The maximum atomic E-state index is 13.3. The van der Waals surface area contributed by atoms with E-state index >= 15 is 0 Å². The summed E-state index contributed by atoms with van der Waals surface area (Å²) in [6.45, 7) is 4.50. The number of benzene rings is 3. The Morgan fingerprint density at radius 2 is 0.750 bits per heavy atom. The van der Waals surface area contributed by atoms with Gasteiger partial charge in [-0.3, -0.25) is 9.59 Å². The van der Waals surface area contributed by atoms with Crippen LogP contribution in [-0.2, 0) is 12.8 Å². The van der Waals surface area contributed by atoms with Crippen molar-refractivity contribution in [2.24, 2.45) is 0 Å². The number of carbonyl (C=O) groups excluding carboxylic acids is 2. The van der Waals surface area contributed by atoms with Crippen molar-refractivity contribution in [2.75, 3.05) is 0 Å². The van der Waals surface area contributed by atoms with Gasteiger partial charge in [-0.25, -0.2) is 0 Å². The molecule has 0 N–H and O–H groups in total. The van der Waals surface area contributed by atoms with E-state index in [1.54, 1.807) is 0 Å². The molecule has 0 saturated heterocycles. The highest BCUT2D eigenvalue weighted by Crippen LogP contribution is 2.29. The van der Waals surface area contributed by atoms with Crippen LogP contribution in [0.3, 0.4) is 0 Å². The molecule has 0 aliphatic rings. The fourth-order valence-electron chi connectivity index (χ4n) is 5.78. The largest absolute Gasteiger partial charge is 0.289 e. The van der Waals surface area contributed by atoms with Crippen molar-refractivity contribution in [1.82, 2.24) is 0 Å². The number of halogens is 2. The summed E-state index contributed by atoms with van der Waals surface area (Å²) in [5.41, 5.74) is 4.22. The minimum Gasteiger partial charge on any atom is -0.289 e. The lowest BCUT2D eigenvalue weighted by Gasteiger charge is -2.10. The molecule has 0 aromatic heterocycles. The quantitative estimate of drug-likeness (QED) is 0.0813. The number of ketones is 2. The average Bonchev–Trinajstić information content (AvgIpc) is 3.04. The fourth-order valence-corrected chi connectivity index (χ4v) is 6.28. The minimum absolute atomic E-state index is 0.195. The van der Waals surface area contributed by atoms with E-state index in [-0.39, 0.29) is 21.6 Å². The third-order valence-corrected chi connectivity index (χ3v) is 9.24. The molecule has 0 bridgehead atoms. The van der Waals surface area contributed by atoms with E-state index in [2.05, 4.69) is 13.8 Å². The van der Waals surface area contributed by atoms with E-state index in [1.807, 2.05) is 48.5 Å². The predicted molar refractivity (Wildman–Crippen MR) is 189 cm³/mol. The van der Waals surface area contributed by atoms with Gasteiger partial charge < -0.3 is 0 Å². The average molecular weight is 636 g/mol. The fraction of sp³-hybridized carbons (Fsp3) is 0.500. The van der Waals surface area contributed by atoms with Crippen molar-refractivity contribution in [3.8, 4) is 0 Å². The first-order chi connectivity index (χ1) is 21.4. The molecular formula is C40H52Cl2O2. The molecule has 0 heterocycles. The summed E-state index contributed by atoms with van der Waals surface area (Å²) in [5.74, 6) is -0.389. The highest BCUT2D eigenvalue weighted by Gasteiger charge is 2.20. The van der Waals surface area contributed by atoms with E-state index in [0.29, 0.717) is 22.3 Å². The summed E-state index contributed by atoms with van der Waals surface area (Å²) in [7, 11) is 0. The Labute approximate surface area is 277 Å². The van der Waals surface area contributed by atoms with E-state index < -0.39 is 0 Å². The predicted octanol–water partition coefficient (Wildman–Crippen LogP) is 12.8. The first-order valence-electron chi connectivity index (χ1n) is 17.2. The number of hydrogen-bond donors (Lipinski definition) is 0. The smallest absolute Gasteiger partial charge is 0.194 e. The molecule has 0 atom stereocenters. The van der Waals surface area contributed by atoms with Crippen molar-refractivity contribution in [3.63, 3.8) is 0 Å². The highest BCUT2D eigenvalue weighted by molar-refractivity contribution is 6.39. The van der Waals surface area contributed by atoms with Crippen molar-refractivity contribution >= 4 is 34.8 Å². The molecule has 44 heavy (non-hydrogen) atoms. The van der Waals surface area contributed by atoms with Crippen molar-refractivity contribution < 1.29 is 9.59 Å². The third-order valence-electron chi connectivity index (χ3n) is 8.62. The van der Waals surface area contributed by atoms with E-state index in [9.17, 15) is 9.59 Å². The van der Waals surface area contributed by atoms with Gasteiger partial charge in [0.2, 0.25) is 0 Å². The van der Waals surface area contributed by atoms with Crippen LogP contribution in [-0.4, -0.2) is 11.6 Å². The van der Waals surface area contributed by atoms with Gasteiger partial charge in [-0.1, -0.05) is 175 Å². The molecule has 3 rings (SSSR count). The van der Waals surface area contributed by atoms with E-state index in [4.69, 9.17) is 23.2 Å². The second kappa shape index (κ2) is 20.6. The molecule has 0 aliphatic carbocycles. The molecule has 3 aromatic carbocycles. The maximum absolute atomic E-state index is 13.3. The van der Waals surface area contributed by atoms with Gasteiger partial charge in [0.05, 0.1) is 10.0 Å². The van der Waals surface area contributed by atoms with Gasteiger partial charge in [0, 0.05) is 22.3 Å². The van der Waals surface area contributed by atoms with Crippen LogP contribution in [0, 0.1) is 0 Å². The van der Waals surface area contributed by atoms with Crippen molar-refractivity contribution in [3.05, 3.63) is 104 Å². The van der Waals surface area contributed by atoms with Crippen LogP contribution >= 0.6 is 23.2 Å². The molecule has 0 radical (unpaired) electrons. The topological polar surface area (TPSA) is 34.1 Å². The zero-order chi connectivity index (χ0) is 31.6. The standard InChI is InChI=1S/C40H52Cl2O2/c1-3-5-7-9-11-13-15-17-19-31-21-25-33(26-22-31)39(43)35-29-38(42)36(30-37(35)41)40(44)34-27-23-32(24-28-34)20-18-16-14-12-10-8-6-4-2/h21-30H,3-20H2,1-2H3. The molecule has 238 valence electrons.